The lowest BCUT2D eigenvalue weighted by atomic mass is 10.3. The molecule has 0 fully saturated rings. The number of rotatable bonds is 6. The quantitative estimate of drug-likeness (QED) is 0.595. The van der Waals surface area contributed by atoms with Gasteiger partial charge in [0.05, 0.1) is 11.5 Å². The van der Waals surface area contributed by atoms with E-state index in [0.717, 1.165) is 19.0 Å². The maximum atomic E-state index is 13.5. The molecule has 0 amide bonds. The van der Waals surface area contributed by atoms with Crippen LogP contribution < -0.4 is 4.74 Å². The van der Waals surface area contributed by atoms with Gasteiger partial charge < -0.3 is 9.64 Å². The third-order valence-corrected chi connectivity index (χ3v) is 3.54. The molecule has 4 nitrogen and oxygen atoms in total. The third kappa shape index (κ3) is 4.80. The molecule has 0 spiro atoms. The van der Waals surface area contributed by atoms with E-state index >= 15 is 0 Å². The molecule has 7 heteroatoms. The number of hydrogen-bond donors (Lipinski definition) is 0. The molecule has 0 N–H and O–H groups in total. The molecule has 102 valence electrons. The molecule has 18 heavy (non-hydrogen) atoms. The molecule has 0 atom stereocenters. The zero-order valence-electron chi connectivity index (χ0n) is 10.2. The maximum absolute atomic E-state index is 13.5. The van der Waals surface area contributed by atoms with Crippen LogP contribution in [0, 0.1) is 5.82 Å². The molecule has 0 unspecified atom stereocenters. The SMILES string of the molecule is CN(C)CCCOc1ccc(S(=O)(=O)Cl)cc1F. The van der Waals surface area contributed by atoms with Crippen LogP contribution in [-0.2, 0) is 9.05 Å². The van der Waals surface area contributed by atoms with Gasteiger partial charge in [-0.2, -0.15) is 0 Å². The zero-order valence-corrected chi connectivity index (χ0v) is 11.8. The highest BCUT2D eigenvalue weighted by atomic mass is 35.7. The Morgan fingerprint density at radius 2 is 2.06 bits per heavy atom. The maximum Gasteiger partial charge on any atom is 0.261 e. The van der Waals surface area contributed by atoms with Crippen LogP contribution in [0.1, 0.15) is 6.42 Å². The topological polar surface area (TPSA) is 46.6 Å². The average molecular weight is 296 g/mol. The van der Waals surface area contributed by atoms with E-state index in [4.69, 9.17) is 15.4 Å². The molecular formula is C11H15ClFNO3S. The molecule has 0 radical (unpaired) electrons. The van der Waals surface area contributed by atoms with Gasteiger partial charge in [0.2, 0.25) is 0 Å². The summed E-state index contributed by atoms with van der Waals surface area (Å²) in [6.45, 7) is 1.19. The molecule has 0 aliphatic rings. The van der Waals surface area contributed by atoms with E-state index in [1.54, 1.807) is 0 Å². The van der Waals surface area contributed by atoms with Crippen LogP contribution in [0.2, 0.25) is 0 Å². The summed E-state index contributed by atoms with van der Waals surface area (Å²) in [6.07, 6.45) is 0.752. The number of halogens is 2. The van der Waals surface area contributed by atoms with E-state index in [0.29, 0.717) is 6.61 Å². The smallest absolute Gasteiger partial charge is 0.261 e. The Kier molecular flexibility index (Phi) is 5.37. The first-order valence-electron chi connectivity index (χ1n) is 5.32. The highest BCUT2D eigenvalue weighted by Crippen LogP contribution is 2.23. The molecule has 0 saturated heterocycles. The van der Waals surface area contributed by atoms with Crippen LogP contribution in [0.15, 0.2) is 23.1 Å². The summed E-state index contributed by atoms with van der Waals surface area (Å²) in [5.74, 6) is -0.709. The Hall–Kier alpha value is -0.850. The van der Waals surface area contributed by atoms with E-state index in [2.05, 4.69) is 0 Å². The second kappa shape index (κ2) is 6.36. The summed E-state index contributed by atoms with van der Waals surface area (Å²) in [4.78, 5) is 1.71. The molecule has 0 saturated carbocycles. The molecule has 0 aromatic heterocycles. The minimum atomic E-state index is -3.91. The lowest BCUT2D eigenvalue weighted by Crippen LogP contribution is -2.15. The van der Waals surface area contributed by atoms with Gasteiger partial charge in [0, 0.05) is 17.2 Å². The Labute approximate surface area is 111 Å². The first-order chi connectivity index (χ1) is 8.30. The molecule has 0 heterocycles. The Morgan fingerprint density at radius 3 is 2.56 bits per heavy atom. The fourth-order valence-electron chi connectivity index (χ4n) is 1.31. The predicted molar refractivity (Wildman–Crippen MR) is 68.1 cm³/mol. The zero-order chi connectivity index (χ0) is 13.8. The van der Waals surface area contributed by atoms with Gasteiger partial charge in [-0.3, -0.25) is 0 Å². The van der Waals surface area contributed by atoms with Crippen LogP contribution in [0.25, 0.3) is 0 Å². The minimum absolute atomic E-state index is 0.0258. The number of nitrogens with zero attached hydrogens (tertiary/aromatic N) is 1. The van der Waals surface area contributed by atoms with Crippen molar-refractivity contribution in [2.45, 2.75) is 11.3 Å². The van der Waals surface area contributed by atoms with Crippen molar-refractivity contribution in [2.75, 3.05) is 27.2 Å². The number of hydrogen-bond acceptors (Lipinski definition) is 4. The van der Waals surface area contributed by atoms with E-state index in [1.165, 1.54) is 12.1 Å². The summed E-state index contributed by atoms with van der Waals surface area (Å²) in [5, 5.41) is 0. The standard InChI is InChI=1S/C11H15ClFNO3S/c1-14(2)6-3-7-17-11-5-4-9(8-10(11)13)18(12,15)16/h4-5,8H,3,6-7H2,1-2H3. The van der Waals surface area contributed by atoms with Gasteiger partial charge in [-0.15, -0.1) is 0 Å². The van der Waals surface area contributed by atoms with Gasteiger partial charge in [0.25, 0.3) is 9.05 Å². The summed E-state index contributed by atoms with van der Waals surface area (Å²) < 4.78 is 40.7. The van der Waals surface area contributed by atoms with E-state index < -0.39 is 14.9 Å². The Bertz CT molecular complexity index is 505. The van der Waals surface area contributed by atoms with Gasteiger partial charge in [0.1, 0.15) is 0 Å². The minimum Gasteiger partial charge on any atom is -0.490 e. The molecule has 0 bridgehead atoms. The van der Waals surface area contributed by atoms with Crippen molar-refractivity contribution in [3.05, 3.63) is 24.0 Å². The van der Waals surface area contributed by atoms with Crippen molar-refractivity contribution in [2.24, 2.45) is 0 Å². The molecule has 0 aliphatic carbocycles. The molecular weight excluding hydrogens is 281 g/mol. The fourth-order valence-corrected chi connectivity index (χ4v) is 2.08. The predicted octanol–water partition coefficient (Wildman–Crippen LogP) is 2.08. The van der Waals surface area contributed by atoms with Crippen molar-refractivity contribution in [3.63, 3.8) is 0 Å². The van der Waals surface area contributed by atoms with Crippen molar-refractivity contribution in [1.82, 2.24) is 4.90 Å². The molecule has 0 aliphatic heterocycles. The normalized spacial score (nSPS) is 11.8. The summed E-state index contributed by atoms with van der Waals surface area (Å²) in [7, 11) is 5.06. The van der Waals surface area contributed by atoms with Crippen LogP contribution in [0.5, 0.6) is 5.75 Å². The van der Waals surface area contributed by atoms with Crippen LogP contribution in [0.4, 0.5) is 4.39 Å². The largest absolute Gasteiger partial charge is 0.490 e. The van der Waals surface area contributed by atoms with Crippen molar-refractivity contribution < 1.29 is 17.5 Å². The number of benzene rings is 1. The third-order valence-electron chi connectivity index (χ3n) is 2.19. The summed E-state index contributed by atoms with van der Waals surface area (Å²) in [5.41, 5.74) is 0. The summed E-state index contributed by atoms with van der Waals surface area (Å²) in [6, 6.07) is 3.33. The lowest BCUT2D eigenvalue weighted by Gasteiger charge is -2.11. The first-order valence-corrected chi connectivity index (χ1v) is 7.63. The molecule has 1 rings (SSSR count). The van der Waals surface area contributed by atoms with Crippen LogP contribution in [0.3, 0.4) is 0 Å². The second-order valence-electron chi connectivity index (χ2n) is 4.04. The van der Waals surface area contributed by atoms with Crippen molar-refractivity contribution in [3.8, 4) is 5.75 Å². The van der Waals surface area contributed by atoms with Crippen LogP contribution >= 0.6 is 10.7 Å². The Balaban J connectivity index is 2.64. The van der Waals surface area contributed by atoms with E-state index in [9.17, 15) is 12.8 Å². The Morgan fingerprint density at radius 1 is 1.39 bits per heavy atom. The monoisotopic (exact) mass is 295 g/mol. The van der Waals surface area contributed by atoms with Crippen molar-refractivity contribution >= 4 is 19.7 Å². The van der Waals surface area contributed by atoms with Crippen molar-refractivity contribution in [1.29, 1.82) is 0 Å². The highest BCUT2D eigenvalue weighted by Gasteiger charge is 2.13. The fraction of sp³-hybridized carbons (Fsp3) is 0.455. The molecule has 1 aromatic rings. The van der Waals surface area contributed by atoms with Gasteiger partial charge >= 0.3 is 0 Å². The van der Waals surface area contributed by atoms with Gasteiger partial charge in [-0.25, -0.2) is 12.8 Å². The highest BCUT2D eigenvalue weighted by molar-refractivity contribution is 8.13. The van der Waals surface area contributed by atoms with Gasteiger partial charge in [-0.1, -0.05) is 0 Å². The second-order valence-corrected chi connectivity index (χ2v) is 6.60. The van der Waals surface area contributed by atoms with Crippen LogP contribution in [-0.4, -0.2) is 40.6 Å². The lowest BCUT2D eigenvalue weighted by molar-refractivity contribution is 0.271. The average Bonchev–Trinajstić information content (AvgIpc) is 2.24. The first kappa shape index (κ1) is 15.2. The van der Waals surface area contributed by atoms with E-state index in [-0.39, 0.29) is 10.6 Å². The molecule has 1 aromatic carbocycles. The van der Waals surface area contributed by atoms with Gasteiger partial charge in [0.15, 0.2) is 11.6 Å². The van der Waals surface area contributed by atoms with Gasteiger partial charge in [-0.05, 0) is 38.7 Å². The van der Waals surface area contributed by atoms with E-state index in [1.807, 2.05) is 19.0 Å². The number of ether oxygens (including phenoxy) is 1. The summed E-state index contributed by atoms with van der Waals surface area (Å²) >= 11 is 0.